The van der Waals surface area contributed by atoms with E-state index in [0.29, 0.717) is 5.92 Å². The molecule has 0 bridgehead atoms. The molecule has 1 atom stereocenters. The van der Waals surface area contributed by atoms with Crippen molar-refractivity contribution in [2.75, 3.05) is 26.2 Å². The average Bonchev–Trinajstić information content (AvgIpc) is 2.32. The van der Waals surface area contributed by atoms with Gasteiger partial charge in [-0.3, -0.25) is 5.32 Å². The van der Waals surface area contributed by atoms with Crippen molar-refractivity contribution in [2.45, 2.75) is 53.0 Å². The van der Waals surface area contributed by atoms with E-state index in [0.717, 1.165) is 39.0 Å². The molecule has 0 aliphatic carbocycles. The number of rotatable bonds is 9. The molecule has 100 valence electrons. The predicted molar refractivity (Wildman–Crippen MR) is 73.9 cm³/mol. The van der Waals surface area contributed by atoms with E-state index in [4.69, 9.17) is 0 Å². The SMILES string of the molecule is CCN(CC)CCNC(C)(C#N)CCC(C)C. The first-order valence-electron chi connectivity index (χ1n) is 6.86. The summed E-state index contributed by atoms with van der Waals surface area (Å²) in [5.41, 5.74) is -0.364. The van der Waals surface area contributed by atoms with Gasteiger partial charge in [0.05, 0.1) is 6.07 Å². The minimum absolute atomic E-state index is 0.364. The molecular weight excluding hydrogens is 210 g/mol. The van der Waals surface area contributed by atoms with Gasteiger partial charge < -0.3 is 4.90 Å². The first-order valence-corrected chi connectivity index (χ1v) is 6.86. The first kappa shape index (κ1) is 16.4. The third kappa shape index (κ3) is 7.36. The van der Waals surface area contributed by atoms with Crippen LogP contribution < -0.4 is 5.32 Å². The Labute approximate surface area is 107 Å². The Balaban J connectivity index is 3.99. The molecule has 0 rings (SSSR count). The topological polar surface area (TPSA) is 39.1 Å². The lowest BCUT2D eigenvalue weighted by molar-refractivity contribution is 0.282. The lowest BCUT2D eigenvalue weighted by Crippen LogP contribution is -2.45. The van der Waals surface area contributed by atoms with Gasteiger partial charge in [0.25, 0.3) is 0 Å². The van der Waals surface area contributed by atoms with Crippen LogP contribution in [0.15, 0.2) is 0 Å². The van der Waals surface area contributed by atoms with Crippen molar-refractivity contribution in [3.8, 4) is 6.07 Å². The molecule has 3 heteroatoms. The van der Waals surface area contributed by atoms with Crippen LogP contribution in [0.1, 0.15) is 47.5 Å². The molecule has 0 aromatic carbocycles. The van der Waals surface area contributed by atoms with Crippen LogP contribution in [0.3, 0.4) is 0 Å². The minimum atomic E-state index is -0.364. The number of hydrogen-bond acceptors (Lipinski definition) is 3. The summed E-state index contributed by atoms with van der Waals surface area (Å²) in [7, 11) is 0. The van der Waals surface area contributed by atoms with E-state index in [9.17, 15) is 5.26 Å². The zero-order valence-electron chi connectivity index (χ0n) is 12.2. The van der Waals surface area contributed by atoms with Gasteiger partial charge in [0.15, 0.2) is 0 Å². The summed E-state index contributed by atoms with van der Waals surface area (Å²) in [6.07, 6.45) is 2.03. The molecule has 0 spiro atoms. The van der Waals surface area contributed by atoms with Crippen LogP contribution in [0.5, 0.6) is 0 Å². The van der Waals surface area contributed by atoms with Crippen LogP contribution in [0.25, 0.3) is 0 Å². The maximum Gasteiger partial charge on any atom is 0.103 e. The highest BCUT2D eigenvalue weighted by molar-refractivity contribution is 5.03. The molecule has 0 aliphatic rings. The molecule has 0 aromatic rings. The third-order valence-electron chi connectivity index (χ3n) is 3.31. The summed E-state index contributed by atoms with van der Waals surface area (Å²) in [5, 5.41) is 12.6. The van der Waals surface area contributed by atoms with Crippen LogP contribution >= 0.6 is 0 Å². The van der Waals surface area contributed by atoms with Gasteiger partial charge in [-0.25, -0.2) is 0 Å². The van der Waals surface area contributed by atoms with Gasteiger partial charge >= 0.3 is 0 Å². The minimum Gasteiger partial charge on any atom is -0.303 e. The van der Waals surface area contributed by atoms with E-state index >= 15 is 0 Å². The fourth-order valence-corrected chi connectivity index (χ4v) is 1.79. The van der Waals surface area contributed by atoms with Gasteiger partial charge in [-0.15, -0.1) is 0 Å². The fourth-order valence-electron chi connectivity index (χ4n) is 1.79. The number of nitriles is 1. The summed E-state index contributed by atoms with van der Waals surface area (Å²) in [5.74, 6) is 0.659. The molecule has 0 amide bonds. The second-order valence-electron chi connectivity index (χ2n) is 5.33. The smallest absolute Gasteiger partial charge is 0.103 e. The molecule has 3 nitrogen and oxygen atoms in total. The Morgan fingerprint density at radius 1 is 1.29 bits per heavy atom. The molecule has 0 aliphatic heterocycles. The summed E-state index contributed by atoms with van der Waals surface area (Å²) in [6.45, 7) is 14.8. The molecule has 0 radical (unpaired) electrons. The Kier molecular flexibility index (Phi) is 8.20. The Morgan fingerprint density at radius 2 is 1.88 bits per heavy atom. The maximum atomic E-state index is 9.25. The molecule has 0 fully saturated rings. The summed E-state index contributed by atoms with van der Waals surface area (Å²) in [6, 6.07) is 2.41. The van der Waals surface area contributed by atoms with E-state index in [1.165, 1.54) is 0 Å². The lowest BCUT2D eigenvalue weighted by Gasteiger charge is -2.26. The average molecular weight is 239 g/mol. The van der Waals surface area contributed by atoms with E-state index in [-0.39, 0.29) is 5.54 Å². The zero-order chi connectivity index (χ0) is 13.3. The normalized spacial score (nSPS) is 14.9. The Bertz CT molecular complexity index is 228. The molecule has 0 heterocycles. The molecule has 17 heavy (non-hydrogen) atoms. The van der Waals surface area contributed by atoms with Crippen LogP contribution in [0.2, 0.25) is 0 Å². The van der Waals surface area contributed by atoms with Crippen molar-refractivity contribution in [3.63, 3.8) is 0 Å². The molecule has 0 aromatic heterocycles. The van der Waals surface area contributed by atoms with Gasteiger partial charge in [0.2, 0.25) is 0 Å². The number of likely N-dealkylation sites (N-methyl/N-ethyl adjacent to an activating group) is 1. The highest BCUT2D eigenvalue weighted by atomic mass is 15.1. The van der Waals surface area contributed by atoms with E-state index < -0.39 is 0 Å². The quantitative estimate of drug-likeness (QED) is 0.672. The van der Waals surface area contributed by atoms with Gasteiger partial charge in [0, 0.05) is 13.1 Å². The van der Waals surface area contributed by atoms with Gasteiger partial charge in [0.1, 0.15) is 5.54 Å². The van der Waals surface area contributed by atoms with E-state index in [1.807, 2.05) is 6.92 Å². The largest absolute Gasteiger partial charge is 0.303 e. The second-order valence-corrected chi connectivity index (χ2v) is 5.33. The Hall–Kier alpha value is -0.590. The van der Waals surface area contributed by atoms with Crippen LogP contribution in [-0.4, -0.2) is 36.6 Å². The monoisotopic (exact) mass is 239 g/mol. The van der Waals surface area contributed by atoms with Crippen molar-refractivity contribution in [3.05, 3.63) is 0 Å². The highest BCUT2D eigenvalue weighted by Gasteiger charge is 2.22. The number of hydrogen-bond donors (Lipinski definition) is 1. The standard InChI is InChI=1S/C14H29N3/c1-6-17(7-2)11-10-16-14(5,12-15)9-8-13(3)4/h13,16H,6-11H2,1-5H3. The second kappa shape index (κ2) is 8.49. The van der Waals surface area contributed by atoms with Crippen molar-refractivity contribution < 1.29 is 0 Å². The maximum absolute atomic E-state index is 9.25. The lowest BCUT2D eigenvalue weighted by atomic mass is 9.93. The van der Waals surface area contributed by atoms with Crippen LogP contribution in [-0.2, 0) is 0 Å². The van der Waals surface area contributed by atoms with Crippen molar-refractivity contribution in [2.24, 2.45) is 5.92 Å². The first-order chi connectivity index (χ1) is 7.97. The molecule has 1 unspecified atom stereocenters. The third-order valence-corrected chi connectivity index (χ3v) is 3.31. The van der Waals surface area contributed by atoms with Crippen molar-refractivity contribution in [1.82, 2.24) is 10.2 Å². The molecule has 0 saturated carbocycles. The molecular formula is C14H29N3. The van der Waals surface area contributed by atoms with Crippen LogP contribution in [0, 0.1) is 17.2 Å². The predicted octanol–water partition coefficient (Wildman–Crippen LogP) is 2.64. The van der Waals surface area contributed by atoms with Gasteiger partial charge in [-0.05, 0) is 38.8 Å². The Morgan fingerprint density at radius 3 is 2.29 bits per heavy atom. The summed E-state index contributed by atoms with van der Waals surface area (Å²) in [4.78, 5) is 2.37. The fraction of sp³-hybridized carbons (Fsp3) is 0.929. The summed E-state index contributed by atoms with van der Waals surface area (Å²) >= 11 is 0. The molecule has 0 saturated heterocycles. The number of nitrogens with one attached hydrogen (secondary N) is 1. The van der Waals surface area contributed by atoms with Crippen molar-refractivity contribution in [1.29, 1.82) is 5.26 Å². The zero-order valence-corrected chi connectivity index (χ0v) is 12.2. The van der Waals surface area contributed by atoms with Crippen molar-refractivity contribution >= 4 is 0 Å². The highest BCUT2D eigenvalue weighted by Crippen LogP contribution is 2.15. The van der Waals surface area contributed by atoms with Gasteiger partial charge in [-0.1, -0.05) is 27.7 Å². The summed E-state index contributed by atoms with van der Waals surface area (Å²) < 4.78 is 0. The van der Waals surface area contributed by atoms with E-state index in [2.05, 4.69) is 44.0 Å². The van der Waals surface area contributed by atoms with Gasteiger partial charge in [-0.2, -0.15) is 5.26 Å². The number of nitrogens with zero attached hydrogens (tertiary/aromatic N) is 2. The van der Waals surface area contributed by atoms with Crippen LogP contribution in [0.4, 0.5) is 0 Å². The van der Waals surface area contributed by atoms with E-state index in [1.54, 1.807) is 0 Å². The molecule has 1 N–H and O–H groups in total.